The molecule has 0 spiro atoms. The molecular weight excluding hydrogens is 416 g/mol. The Morgan fingerprint density at radius 1 is 1.23 bits per heavy atom. The number of unbranched alkanes of at least 4 members (excludes halogenated alkanes) is 1. The van der Waals surface area contributed by atoms with Gasteiger partial charge in [0.2, 0.25) is 11.8 Å². The van der Waals surface area contributed by atoms with Gasteiger partial charge in [-0.3, -0.25) is 9.59 Å². The second-order valence-corrected chi connectivity index (χ2v) is 9.60. The second kappa shape index (κ2) is 9.80. The maximum absolute atomic E-state index is 12.8. The molecule has 3 aliphatic heterocycles. The fourth-order valence-electron chi connectivity index (χ4n) is 4.65. The number of thioether (sulfide) groups is 1. The van der Waals surface area contributed by atoms with E-state index in [-0.39, 0.29) is 29.9 Å². The summed E-state index contributed by atoms with van der Waals surface area (Å²) in [6, 6.07) is 7.16. The smallest absolute Gasteiger partial charge is 0.315 e. The van der Waals surface area contributed by atoms with Gasteiger partial charge in [-0.25, -0.2) is 4.79 Å². The SMILES string of the molecule is COc1ccc(NC(=O)C2CCCN2C(=O)CCCC[C@@H]2SC[C@@H]3NC(=O)N[C@@H]32)cc1. The Balaban J connectivity index is 1.21. The van der Waals surface area contributed by atoms with Gasteiger partial charge in [0, 0.05) is 29.7 Å². The molecular formula is C22H30N4O4S. The van der Waals surface area contributed by atoms with Crippen molar-refractivity contribution in [3.05, 3.63) is 24.3 Å². The highest BCUT2D eigenvalue weighted by Crippen LogP contribution is 2.33. The molecule has 3 N–H and O–H groups in total. The third-order valence-electron chi connectivity index (χ3n) is 6.30. The molecule has 1 aromatic rings. The fourth-order valence-corrected chi connectivity index (χ4v) is 6.19. The number of likely N-dealkylation sites (tertiary alicyclic amines) is 1. The van der Waals surface area contributed by atoms with Crippen LogP contribution in [0.5, 0.6) is 5.75 Å². The van der Waals surface area contributed by atoms with Crippen LogP contribution in [0.2, 0.25) is 0 Å². The monoisotopic (exact) mass is 446 g/mol. The van der Waals surface area contributed by atoms with Crippen LogP contribution in [0, 0.1) is 0 Å². The van der Waals surface area contributed by atoms with Gasteiger partial charge in [0.1, 0.15) is 11.8 Å². The van der Waals surface area contributed by atoms with Crippen molar-refractivity contribution in [1.29, 1.82) is 0 Å². The summed E-state index contributed by atoms with van der Waals surface area (Å²) in [7, 11) is 1.60. The van der Waals surface area contributed by atoms with Gasteiger partial charge < -0.3 is 25.6 Å². The zero-order chi connectivity index (χ0) is 21.8. The van der Waals surface area contributed by atoms with Crippen molar-refractivity contribution in [3.8, 4) is 5.75 Å². The fraction of sp³-hybridized carbons (Fsp3) is 0.591. The van der Waals surface area contributed by atoms with Crippen molar-refractivity contribution in [2.24, 2.45) is 0 Å². The van der Waals surface area contributed by atoms with Gasteiger partial charge >= 0.3 is 6.03 Å². The molecule has 0 aliphatic carbocycles. The predicted octanol–water partition coefficient (Wildman–Crippen LogP) is 2.35. The average molecular weight is 447 g/mol. The standard InChI is InChI=1S/C22H30N4O4S/c1-30-15-10-8-14(9-11-15)23-21(28)17-5-4-12-26(17)19(27)7-3-2-6-18-20-16(13-31-18)24-22(29)25-20/h8-11,16-18,20H,2-7,12-13H2,1H3,(H,23,28)(H2,24,25,29)/t16-,17?,18-,20-/m0/s1. The van der Waals surface area contributed by atoms with Crippen molar-refractivity contribution in [3.63, 3.8) is 0 Å². The second-order valence-electron chi connectivity index (χ2n) is 8.33. The number of ether oxygens (including phenoxy) is 1. The normalized spacial score (nSPS) is 26.9. The van der Waals surface area contributed by atoms with E-state index in [2.05, 4.69) is 16.0 Å². The lowest BCUT2D eigenvalue weighted by molar-refractivity contribution is -0.136. The van der Waals surface area contributed by atoms with Gasteiger partial charge in [0.15, 0.2) is 0 Å². The van der Waals surface area contributed by atoms with Gasteiger partial charge in [-0.05, 0) is 49.9 Å². The Bertz CT molecular complexity index is 818. The molecule has 0 bridgehead atoms. The number of methoxy groups -OCH3 is 1. The molecule has 4 atom stereocenters. The first kappa shape index (κ1) is 21.8. The van der Waals surface area contributed by atoms with Crippen LogP contribution in [-0.4, -0.2) is 65.5 Å². The maximum atomic E-state index is 12.8. The molecule has 9 heteroatoms. The molecule has 0 radical (unpaired) electrons. The Labute approximate surface area is 186 Å². The van der Waals surface area contributed by atoms with Crippen molar-refractivity contribution in [2.75, 3.05) is 24.7 Å². The number of benzene rings is 1. The summed E-state index contributed by atoms with van der Waals surface area (Å²) in [5, 5.41) is 9.29. The maximum Gasteiger partial charge on any atom is 0.315 e. The van der Waals surface area contributed by atoms with E-state index >= 15 is 0 Å². The number of carbonyl (C=O) groups excluding carboxylic acids is 3. The molecule has 4 amide bonds. The van der Waals surface area contributed by atoms with E-state index in [0.29, 0.717) is 30.3 Å². The van der Waals surface area contributed by atoms with Crippen LogP contribution in [-0.2, 0) is 9.59 Å². The van der Waals surface area contributed by atoms with E-state index in [1.54, 1.807) is 36.3 Å². The van der Waals surface area contributed by atoms with Gasteiger partial charge in [-0.15, -0.1) is 0 Å². The van der Waals surface area contributed by atoms with Crippen molar-refractivity contribution >= 4 is 35.3 Å². The molecule has 4 rings (SSSR count). The summed E-state index contributed by atoms with van der Waals surface area (Å²) in [6.07, 6.45) is 4.74. The predicted molar refractivity (Wildman–Crippen MR) is 120 cm³/mol. The number of amides is 4. The van der Waals surface area contributed by atoms with Gasteiger partial charge in [0.05, 0.1) is 19.2 Å². The molecule has 3 aliphatic rings. The first-order chi connectivity index (χ1) is 15.0. The lowest BCUT2D eigenvalue weighted by Crippen LogP contribution is -2.43. The molecule has 0 aromatic heterocycles. The minimum absolute atomic E-state index is 0.0557. The van der Waals surface area contributed by atoms with Crippen LogP contribution in [0.3, 0.4) is 0 Å². The zero-order valence-electron chi connectivity index (χ0n) is 17.8. The lowest BCUT2D eigenvalue weighted by Gasteiger charge is -2.24. The number of carbonyl (C=O) groups is 3. The molecule has 1 unspecified atom stereocenters. The molecule has 3 heterocycles. The summed E-state index contributed by atoms with van der Waals surface area (Å²) < 4.78 is 5.14. The van der Waals surface area contributed by atoms with E-state index in [0.717, 1.165) is 37.2 Å². The quantitative estimate of drug-likeness (QED) is 0.421. The third kappa shape index (κ3) is 5.08. The molecule has 3 saturated heterocycles. The highest BCUT2D eigenvalue weighted by molar-refractivity contribution is 8.00. The number of hydrogen-bond donors (Lipinski definition) is 3. The topological polar surface area (TPSA) is 99.8 Å². The van der Waals surface area contributed by atoms with Crippen LogP contribution in [0.1, 0.15) is 38.5 Å². The van der Waals surface area contributed by atoms with Gasteiger partial charge in [0.25, 0.3) is 0 Å². The van der Waals surface area contributed by atoms with Crippen LogP contribution in [0.15, 0.2) is 24.3 Å². The van der Waals surface area contributed by atoms with Crippen molar-refractivity contribution in [1.82, 2.24) is 15.5 Å². The number of nitrogens with one attached hydrogen (secondary N) is 3. The zero-order valence-corrected chi connectivity index (χ0v) is 18.6. The van der Waals surface area contributed by atoms with Crippen LogP contribution in [0.25, 0.3) is 0 Å². The van der Waals surface area contributed by atoms with Crippen molar-refractivity contribution < 1.29 is 19.1 Å². The number of nitrogens with zero attached hydrogens (tertiary/aromatic N) is 1. The van der Waals surface area contributed by atoms with E-state index in [4.69, 9.17) is 4.74 Å². The van der Waals surface area contributed by atoms with E-state index < -0.39 is 6.04 Å². The minimum Gasteiger partial charge on any atom is -0.497 e. The number of rotatable bonds is 8. The van der Waals surface area contributed by atoms with Gasteiger partial charge in [-0.2, -0.15) is 11.8 Å². The first-order valence-corrected chi connectivity index (χ1v) is 12.0. The molecule has 31 heavy (non-hydrogen) atoms. The number of hydrogen-bond acceptors (Lipinski definition) is 5. The summed E-state index contributed by atoms with van der Waals surface area (Å²) in [5.74, 6) is 1.61. The minimum atomic E-state index is -0.402. The molecule has 168 valence electrons. The Morgan fingerprint density at radius 2 is 2.03 bits per heavy atom. The Kier molecular flexibility index (Phi) is 6.89. The summed E-state index contributed by atoms with van der Waals surface area (Å²) in [5.41, 5.74) is 0.700. The largest absolute Gasteiger partial charge is 0.497 e. The Hall–Kier alpha value is -2.42. The first-order valence-electron chi connectivity index (χ1n) is 11.0. The van der Waals surface area contributed by atoms with E-state index in [9.17, 15) is 14.4 Å². The summed E-state index contributed by atoms with van der Waals surface area (Å²) in [6.45, 7) is 0.638. The van der Waals surface area contributed by atoms with E-state index in [1.165, 1.54) is 0 Å². The van der Waals surface area contributed by atoms with Crippen molar-refractivity contribution in [2.45, 2.75) is 61.9 Å². The van der Waals surface area contributed by atoms with Gasteiger partial charge in [-0.1, -0.05) is 6.42 Å². The Morgan fingerprint density at radius 3 is 2.81 bits per heavy atom. The highest BCUT2D eigenvalue weighted by atomic mass is 32.2. The number of anilines is 1. The molecule has 0 saturated carbocycles. The third-order valence-corrected chi connectivity index (χ3v) is 7.81. The highest BCUT2D eigenvalue weighted by Gasteiger charge is 2.42. The molecule has 8 nitrogen and oxygen atoms in total. The number of urea groups is 1. The van der Waals surface area contributed by atoms with E-state index in [1.807, 2.05) is 11.8 Å². The summed E-state index contributed by atoms with van der Waals surface area (Å²) >= 11 is 1.89. The molecule has 1 aromatic carbocycles. The molecule has 3 fully saturated rings. The lowest BCUT2D eigenvalue weighted by atomic mass is 10.0. The number of fused-ring (bicyclic) bond motifs is 1. The van der Waals surface area contributed by atoms with Crippen LogP contribution < -0.4 is 20.7 Å². The summed E-state index contributed by atoms with van der Waals surface area (Å²) in [4.78, 5) is 38.7. The van der Waals surface area contributed by atoms with Crippen LogP contribution in [0.4, 0.5) is 10.5 Å². The average Bonchev–Trinajstić information content (AvgIpc) is 3.48. The van der Waals surface area contributed by atoms with Crippen LogP contribution >= 0.6 is 11.8 Å².